The maximum absolute atomic E-state index is 10.6. The van der Waals surface area contributed by atoms with Crippen LogP contribution in [-0.2, 0) is 11.3 Å². The molecule has 2 aromatic rings. The number of rotatable bonds is 4. The molecule has 1 aliphatic heterocycles. The van der Waals surface area contributed by atoms with Gasteiger partial charge in [0.05, 0.1) is 12.0 Å². The van der Waals surface area contributed by atoms with Gasteiger partial charge in [0.2, 0.25) is 0 Å². The molecular weight excluding hydrogens is 306 g/mol. The maximum Gasteiger partial charge on any atom is 0.167 e. The highest BCUT2D eigenvalue weighted by Crippen LogP contribution is 2.40. The summed E-state index contributed by atoms with van der Waals surface area (Å²) in [5.74, 6) is 0.171. The fourth-order valence-corrected chi connectivity index (χ4v) is 2.95. The van der Waals surface area contributed by atoms with Crippen LogP contribution >= 0.6 is 0 Å². The van der Waals surface area contributed by atoms with Crippen LogP contribution < -0.4 is 5.73 Å². The van der Waals surface area contributed by atoms with Crippen LogP contribution in [0.3, 0.4) is 0 Å². The van der Waals surface area contributed by atoms with Gasteiger partial charge in [0.1, 0.15) is 42.1 Å². The molecule has 1 saturated heterocycles. The van der Waals surface area contributed by atoms with Crippen LogP contribution in [0.2, 0.25) is 0 Å². The number of aromatic nitrogens is 3. The monoisotopic (exact) mass is 323 g/mol. The number of hydrogen-bond acceptors (Lipinski definition) is 9. The molecule has 0 saturated carbocycles. The van der Waals surface area contributed by atoms with E-state index in [1.807, 2.05) is 0 Å². The van der Waals surface area contributed by atoms with Gasteiger partial charge < -0.3 is 30.4 Å². The molecule has 0 radical (unpaired) electrons. The average molecular weight is 323 g/mol. The van der Waals surface area contributed by atoms with E-state index in [-0.39, 0.29) is 12.4 Å². The van der Waals surface area contributed by atoms with Crippen LogP contribution in [0, 0.1) is 4.91 Å². The predicted octanol–water partition coefficient (Wildman–Crippen LogP) is -0.719. The van der Waals surface area contributed by atoms with E-state index in [0.29, 0.717) is 16.6 Å². The molecule has 0 amide bonds. The summed E-state index contributed by atoms with van der Waals surface area (Å²) in [6.45, 7) is 0.792. The van der Waals surface area contributed by atoms with Crippen LogP contribution in [0.25, 0.3) is 11.0 Å². The van der Waals surface area contributed by atoms with E-state index in [9.17, 15) is 20.2 Å². The van der Waals surface area contributed by atoms with Crippen molar-refractivity contribution < 1.29 is 20.1 Å². The van der Waals surface area contributed by atoms with E-state index >= 15 is 0 Å². The number of nitrogen functional groups attached to an aromatic ring is 1. The molecule has 2 aromatic heterocycles. The second kappa shape index (κ2) is 5.49. The van der Waals surface area contributed by atoms with Crippen molar-refractivity contribution in [2.24, 2.45) is 5.18 Å². The standard InChI is InChI=1S/C13H17N5O5/c1-13(21)9(20)7(4-19)23-12(13)18-3-6(2-17-22)8-10(14)15-5-16-11(8)18/h3,5,7,9,12,19-21H,2,4H2,1H3,(H2,14,15,16)/t7?,9?,12?,13-/m1/s1. The van der Waals surface area contributed by atoms with Gasteiger partial charge in [-0.05, 0) is 6.92 Å². The maximum atomic E-state index is 10.6. The predicted molar refractivity (Wildman–Crippen MR) is 79.1 cm³/mol. The Hall–Kier alpha value is -2.14. The summed E-state index contributed by atoms with van der Waals surface area (Å²) in [5.41, 5.74) is 4.99. The summed E-state index contributed by atoms with van der Waals surface area (Å²) in [5, 5.41) is 33.3. The Kier molecular flexibility index (Phi) is 3.76. The van der Waals surface area contributed by atoms with Crippen LogP contribution in [0.4, 0.5) is 5.82 Å². The second-order valence-electron chi connectivity index (χ2n) is 5.69. The Bertz CT molecular complexity index is 746. The third-order valence-corrected chi connectivity index (χ3v) is 4.14. The van der Waals surface area contributed by atoms with Crippen molar-refractivity contribution in [3.05, 3.63) is 23.0 Å². The Labute approximate surface area is 130 Å². The lowest BCUT2D eigenvalue weighted by Gasteiger charge is -2.27. The third kappa shape index (κ3) is 2.27. The minimum atomic E-state index is -1.68. The molecule has 23 heavy (non-hydrogen) atoms. The van der Waals surface area contributed by atoms with Crippen LogP contribution in [0.15, 0.2) is 17.7 Å². The highest BCUT2D eigenvalue weighted by molar-refractivity contribution is 5.89. The normalized spacial score (nSPS) is 30.9. The lowest BCUT2D eigenvalue weighted by Crippen LogP contribution is -2.44. The van der Waals surface area contributed by atoms with Gasteiger partial charge in [-0.15, -0.1) is 0 Å². The number of fused-ring (bicyclic) bond motifs is 1. The van der Waals surface area contributed by atoms with E-state index in [1.54, 1.807) is 0 Å². The van der Waals surface area contributed by atoms with Gasteiger partial charge in [0.25, 0.3) is 0 Å². The molecule has 3 unspecified atom stereocenters. The minimum Gasteiger partial charge on any atom is -0.394 e. The molecule has 1 fully saturated rings. The summed E-state index contributed by atoms with van der Waals surface area (Å²) in [6, 6.07) is 0. The number of hydrogen-bond donors (Lipinski definition) is 4. The SMILES string of the molecule is C[C@@]1(O)C(O)C(CO)OC1n1cc(CN=O)c2c(N)ncnc21. The van der Waals surface area contributed by atoms with E-state index in [2.05, 4.69) is 15.1 Å². The summed E-state index contributed by atoms with van der Waals surface area (Å²) in [7, 11) is 0. The fraction of sp³-hybridized carbons (Fsp3) is 0.538. The highest BCUT2D eigenvalue weighted by Gasteiger charge is 2.53. The van der Waals surface area contributed by atoms with Gasteiger partial charge in [0.15, 0.2) is 6.23 Å². The fourth-order valence-electron chi connectivity index (χ4n) is 2.95. The molecule has 0 bridgehead atoms. The topological polar surface area (TPSA) is 156 Å². The quantitative estimate of drug-likeness (QED) is 0.537. The molecular formula is C13H17N5O5. The van der Waals surface area contributed by atoms with Crippen LogP contribution in [0.5, 0.6) is 0 Å². The van der Waals surface area contributed by atoms with Gasteiger partial charge in [0, 0.05) is 11.8 Å². The third-order valence-electron chi connectivity index (χ3n) is 4.14. The zero-order valence-electron chi connectivity index (χ0n) is 12.3. The first-order valence-electron chi connectivity index (χ1n) is 6.97. The molecule has 0 aromatic carbocycles. The molecule has 3 heterocycles. The molecule has 10 nitrogen and oxygen atoms in total. The summed E-state index contributed by atoms with van der Waals surface area (Å²) >= 11 is 0. The highest BCUT2D eigenvalue weighted by atomic mass is 16.6. The molecule has 4 atom stereocenters. The van der Waals surface area contributed by atoms with Crippen molar-refractivity contribution in [3.63, 3.8) is 0 Å². The van der Waals surface area contributed by atoms with Crippen molar-refractivity contribution in [3.8, 4) is 0 Å². The van der Waals surface area contributed by atoms with Crippen molar-refractivity contribution in [2.45, 2.75) is 37.5 Å². The number of anilines is 1. The second-order valence-corrected chi connectivity index (χ2v) is 5.69. The Morgan fingerprint density at radius 2 is 2.26 bits per heavy atom. The molecule has 0 aliphatic carbocycles. The van der Waals surface area contributed by atoms with Crippen molar-refractivity contribution in [2.75, 3.05) is 12.3 Å². The molecule has 3 rings (SSSR count). The first kappa shape index (κ1) is 15.7. The summed E-state index contributed by atoms with van der Waals surface area (Å²) in [6.07, 6.45) is -0.480. The summed E-state index contributed by atoms with van der Waals surface area (Å²) < 4.78 is 7.03. The van der Waals surface area contributed by atoms with Gasteiger partial charge in [-0.1, -0.05) is 5.18 Å². The van der Waals surface area contributed by atoms with Crippen molar-refractivity contribution in [1.82, 2.24) is 14.5 Å². The van der Waals surface area contributed by atoms with Crippen molar-refractivity contribution >= 4 is 16.9 Å². The Morgan fingerprint density at radius 1 is 1.52 bits per heavy atom. The van der Waals surface area contributed by atoms with Crippen molar-refractivity contribution in [1.29, 1.82) is 0 Å². The first-order chi connectivity index (χ1) is 10.9. The first-order valence-corrected chi connectivity index (χ1v) is 6.97. The zero-order chi connectivity index (χ0) is 16.8. The zero-order valence-corrected chi connectivity index (χ0v) is 12.3. The lowest BCUT2D eigenvalue weighted by atomic mass is 9.96. The molecule has 5 N–H and O–H groups in total. The van der Waals surface area contributed by atoms with Gasteiger partial charge in [-0.25, -0.2) is 9.97 Å². The van der Waals surface area contributed by atoms with E-state index in [1.165, 1.54) is 24.0 Å². The number of nitrogens with two attached hydrogens (primary N) is 1. The van der Waals surface area contributed by atoms with Crippen LogP contribution in [-0.4, -0.2) is 54.3 Å². The Balaban J connectivity index is 2.17. The van der Waals surface area contributed by atoms with E-state index in [0.717, 1.165) is 0 Å². The van der Waals surface area contributed by atoms with Gasteiger partial charge in [-0.3, -0.25) is 0 Å². The average Bonchev–Trinajstić information content (AvgIpc) is 2.97. The number of aliphatic hydroxyl groups is 3. The number of aliphatic hydroxyl groups excluding tert-OH is 2. The largest absolute Gasteiger partial charge is 0.394 e. The van der Waals surface area contributed by atoms with Gasteiger partial charge >= 0.3 is 0 Å². The number of nitrogens with zero attached hydrogens (tertiary/aromatic N) is 4. The van der Waals surface area contributed by atoms with Gasteiger partial charge in [-0.2, -0.15) is 4.91 Å². The van der Waals surface area contributed by atoms with Crippen LogP contribution in [0.1, 0.15) is 18.7 Å². The minimum absolute atomic E-state index is 0.151. The molecule has 10 heteroatoms. The number of nitroso groups, excluding NO2 is 1. The van der Waals surface area contributed by atoms with E-state index < -0.39 is 30.6 Å². The lowest BCUT2D eigenvalue weighted by molar-refractivity contribution is -0.0948. The number of ether oxygens (including phenoxy) is 1. The summed E-state index contributed by atoms with van der Waals surface area (Å²) in [4.78, 5) is 18.7. The molecule has 1 aliphatic rings. The van der Waals surface area contributed by atoms with E-state index in [4.69, 9.17) is 10.5 Å². The molecule has 0 spiro atoms. The molecule has 124 valence electrons. The Morgan fingerprint density at radius 3 is 2.87 bits per heavy atom. The smallest absolute Gasteiger partial charge is 0.167 e.